The van der Waals surface area contributed by atoms with Crippen molar-refractivity contribution < 1.29 is 18.8 Å². The number of benzene rings is 1. The number of nitrogens with zero attached hydrogens (tertiary/aromatic N) is 2. The van der Waals surface area contributed by atoms with Crippen molar-refractivity contribution in [1.82, 2.24) is 20.4 Å². The van der Waals surface area contributed by atoms with Gasteiger partial charge in [-0.25, -0.2) is 4.79 Å². The van der Waals surface area contributed by atoms with Crippen LogP contribution in [-0.2, 0) is 16.1 Å². The zero-order chi connectivity index (χ0) is 22.7. The van der Waals surface area contributed by atoms with Gasteiger partial charge in [-0.05, 0) is 24.6 Å². The molecule has 1 aromatic carbocycles. The van der Waals surface area contributed by atoms with Crippen molar-refractivity contribution in [2.24, 2.45) is 0 Å². The number of hydrogen-bond acceptors (Lipinski definition) is 4. The third-order valence-electron chi connectivity index (χ3n) is 5.67. The Balaban J connectivity index is 1.49. The van der Waals surface area contributed by atoms with E-state index in [1.807, 2.05) is 31.2 Å². The maximum atomic E-state index is 13.3. The van der Waals surface area contributed by atoms with E-state index >= 15 is 0 Å². The molecule has 0 aliphatic carbocycles. The Morgan fingerprint density at radius 3 is 2.75 bits per heavy atom. The molecule has 2 aliphatic heterocycles. The first-order valence-corrected chi connectivity index (χ1v) is 10.5. The highest BCUT2D eigenvalue weighted by Crippen LogP contribution is 2.36. The predicted molar refractivity (Wildman–Crippen MR) is 118 cm³/mol. The number of aryl methyl sites for hydroxylation is 1. The van der Waals surface area contributed by atoms with Crippen LogP contribution in [0.15, 0.2) is 71.0 Å². The summed E-state index contributed by atoms with van der Waals surface area (Å²) in [6.45, 7) is 6.85. The molecule has 1 aromatic heterocycles. The molecule has 1 atom stereocenters. The minimum atomic E-state index is -0.524. The highest BCUT2D eigenvalue weighted by molar-refractivity contribution is 6.01. The number of amides is 4. The minimum absolute atomic E-state index is 0.158. The lowest BCUT2D eigenvalue weighted by atomic mass is 9.95. The van der Waals surface area contributed by atoms with E-state index in [2.05, 4.69) is 17.2 Å². The summed E-state index contributed by atoms with van der Waals surface area (Å²) in [6, 6.07) is 10.5. The van der Waals surface area contributed by atoms with Crippen molar-refractivity contribution in [3.05, 3.63) is 83.5 Å². The largest absolute Gasteiger partial charge is 0.467 e. The molecule has 0 bridgehead atoms. The normalized spacial score (nSPS) is 18.0. The van der Waals surface area contributed by atoms with Crippen molar-refractivity contribution in [2.75, 3.05) is 19.6 Å². The van der Waals surface area contributed by atoms with Gasteiger partial charge >= 0.3 is 6.03 Å². The summed E-state index contributed by atoms with van der Waals surface area (Å²) in [7, 11) is 0. The standard InChI is InChI=1S/C24H26N4O4/c1-3-11-28-19-15-27(12-10-20(29)25-14-18-5-4-13-32-18)23(30)21(19)22(26-24(28)31)17-8-6-16(2)7-9-17/h3-9,13,22H,1,10-12,14-15H2,2H3,(H,25,29)(H,26,31). The molecule has 2 N–H and O–H groups in total. The first-order chi connectivity index (χ1) is 15.5. The fourth-order valence-corrected chi connectivity index (χ4v) is 3.98. The monoisotopic (exact) mass is 434 g/mol. The van der Waals surface area contributed by atoms with Gasteiger partial charge < -0.3 is 20.0 Å². The van der Waals surface area contributed by atoms with Crippen molar-refractivity contribution in [3.63, 3.8) is 0 Å². The van der Waals surface area contributed by atoms with E-state index in [0.29, 0.717) is 30.1 Å². The molecule has 1 unspecified atom stereocenters. The van der Waals surface area contributed by atoms with E-state index in [4.69, 9.17) is 4.42 Å². The summed E-state index contributed by atoms with van der Waals surface area (Å²) in [5.41, 5.74) is 3.16. The summed E-state index contributed by atoms with van der Waals surface area (Å²) in [6.07, 6.45) is 3.34. The summed E-state index contributed by atoms with van der Waals surface area (Å²) in [4.78, 5) is 41.5. The molecule has 2 aromatic rings. The third kappa shape index (κ3) is 4.30. The Hall–Kier alpha value is -3.81. The van der Waals surface area contributed by atoms with Gasteiger partial charge in [0.25, 0.3) is 5.91 Å². The average molecular weight is 434 g/mol. The van der Waals surface area contributed by atoms with Crippen LogP contribution in [0.4, 0.5) is 4.79 Å². The molecule has 32 heavy (non-hydrogen) atoms. The highest BCUT2D eigenvalue weighted by atomic mass is 16.3. The van der Waals surface area contributed by atoms with E-state index in [1.54, 1.807) is 34.3 Å². The number of furan rings is 1. The number of hydrogen-bond donors (Lipinski definition) is 2. The Kier molecular flexibility index (Phi) is 6.11. The summed E-state index contributed by atoms with van der Waals surface area (Å²) >= 11 is 0. The lowest BCUT2D eigenvalue weighted by Crippen LogP contribution is -2.47. The SMILES string of the molecule is C=CCN1C(=O)NC(c2ccc(C)cc2)C2=C1CN(CCC(=O)NCc1ccco1)C2=O. The zero-order valence-electron chi connectivity index (χ0n) is 18.0. The molecule has 8 heteroatoms. The second-order valence-corrected chi connectivity index (χ2v) is 7.89. The number of carbonyl (C=O) groups is 3. The van der Waals surface area contributed by atoms with E-state index < -0.39 is 6.04 Å². The van der Waals surface area contributed by atoms with Crippen LogP contribution >= 0.6 is 0 Å². The molecule has 2 aliphatic rings. The molecule has 0 saturated carbocycles. The molecule has 0 fully saturated rings. The van der Waals surface area contributed by atoms with Crippen LogP contribution in [0.25, 0.3) is 0 Å². The second kappa shape index (κ2) is 9.13. The maximum absolute atomic E-state index is 13.3. The van der Waals surface area contributed by atoms with Crippen LogP contribution < -0.4 is 10.6 Å². The Labute approximate surface area is 186 Å². The van der Waals surface area contributed by atoms with Crippen molar-refractivity contribution in [1.29, 1.82) is 0 Å². The first-order valence-electron chi connectivity index (χ1n) is 10.5. The molecule has 8 nitrogen and oxygen atoms in total. The van der Waals surface area contributed by atoms with Gasteiger partial charge in [-0.2, -0.15) is 0 Å². The Morgan fingerprint density at radius 1 is 1.28 bits per heavy atom. The summed E-state index contributed by atoms with van der Waals surface area (Å²) in [5.74, 6) is 0.322. The van der Waals surface area contributed by atoms with Gasteiger partial charge in [0, 0.05) is 19.5 Å². The molecule has 0 spiro atoms. The van der Waals surface area contributed by atoms with Crippen LogP contribution in [0.1, 0.15) is 29.3 Å². The third-order valence-corrected chi connectivity index (χ3v) is 5.67. The van der Waals surface area contributed by atoms with E-state index in [1.165, 1.54) is 0 Å². The van der Waals surface area contributed by atoms with Crippen LogP contribution in [0.5, 0.6) is 0 Å². The van der Waals surface area contributed by atoms with E-state index in [-0.39, 0.29) is 37.4 Å². The molecule has 0 saturated heterocycles. The average Bonchev–Trinajstić information content (AvgIpc) is 3.41. The zero-order valence-corrected chi connectivity index (χ0v) is 18.0. The highest BCUT2D eigenvalue weighted by Gasteiger charge is 2.43. The number of carbonyl (C=O) groups excluding carboxylic acids is 3. The quantitative estimate of drug-likeness (QED) is 0.625. The van der Waals surface area contributed by atoms with E-state index in [0.717, 1.165) is 11.1 Å². The molecule has 3 heterocycles. The second-order valence-electron chi connectivity index (χ2n) is 7.89. The van der Waals surface area contributed by atoms with Gasteiger partial charge in [0.1, 0.15) is 5.76 Å². The lowest BCUT2D eigenvalue weighted by molar-refractivity contribution is -0.127. The number of rotatable bonds is 8. The van der Waals surface area contributed by atoms with Gasteiger partial charge in [-0.1, -0.05) is 35.9 Å². The molecule has 4 amide bonds. The molecule has 166 valence electrons. The fourth-order valence-electron chi connectivity index (χ4n) is 3.98. The maximum Gasteiger partial charge on any atom is 0.322 e. The van der Waals surface area contributed by atoms with Gasteiger partial charge in [0.15, 0.2) is 0 Å². The minimum Gasteiger partial charge on any atom is -0.467 e. The van der Waals surface area contributed by atoms with Crippen molar-refractivity contribution >= 4 is 17.8 Å². The van der Waals surface area contributed by atoms with Crippen molar-refractivity contribution in [3.8, 4) is 0 Å². The molecular formula is C24H26N4O4. The van der Waals surface area contributed by atoms with Crippen LogP contribution in [0, 0.1) is 6.92 Å². The van der Waals surface area contributed by atoms with Crippen LogP contribution in [-0.4, -0.2) is 47.3 Å². The first kappa shape index (κ1) is 21.4. The van der Waals surface area contributed by atoms with Crippen molar-refractivity contribution in [2.45, 2.75) is 25.9 Å². The Bertz CT molecular complexity index is 1060. The van der Waals surface area contributed by atoms with Gasteiger partial charge in [0.05, 0.1) is 36.7 Å². The molecule has 0 radical (unpaired) electrons. The van der Waals surface area contributed by atoms with Crippen LogP contribution in [0.2, 0.25) is 0 Å². The van der Waals surface area contributed by atoms with E-state index in [9.17, 15) is 14.4 Å². The fraction of sp³-hybridized carbons (Fsp3) is 0.292. The Morgan fingerprint density at radius 2 is 2.06 bits per heavy atom. The summed E-state index contributed by atoms with van der Waals surface area (Å²) in [5, 5.41) is 5.74. The number of nitrogens with one attached hydrogen (secondary N) is 2. The van der Waals surface area contributed by atoms with Gasteiger partial charge in [-0.3, -0.25) is 14.5 Å². The topological polar surface area (TPSA) is 94.9 Å². The molecule has 4 rings (SSSR count). The predicted octanol–water partition coefficient (Wildman–Crippen LogP) is 2.64. The van der Waals surface area contributed by atoms with Crippen LogP contribution in [0.3, 0.4) is 0 Å². The molecular weight excluding hydrogens is 408 g/mol. The summed E-state index contributed by atoms with van der Waals surface area (Å²) < 4.78 is 5.21. The smallest absolute Gasteiger partial charge is 0.322 e. The van der Waals surface area contributed by atoms with Gasteiger partial charge in [0.2, 0.25) is 5.91 Å². The number of urea groups is 1. The van der Waals surface area contributed by atoms with Gasteiger partial charge in [-0.15, -0.1) is 6.58 Å². The lowest BCUT2D eigenvalue weighted by Gasteiger charge is -2.33.